The second-order valence-corrected chi connectivity index (χ2v) is 7.60. The minimum atomic E-state index is -4.36. The van der Waals surface area contributed by atoms with Crippen LogP contribution in [-0.4, -0.2) is 39.7 Å². The molecule has 1 heterocycles. The number of aromatic nitrogens is 1. The predicted molar refractivity (Wildman–Crippen MR) is 94.0 cm³/mol. The first-order valence-corrected chi connectivity index (χ1v) is 9.38. The molecule has 1 unspecified atom stereocenters. The summed E-state index contributed by atoms with van der Waals surface area (Å²) in [5.74, 6) is -1.72. The van der Waals surface area contributed by atoms with E-state index in [2.05, 4.69) is 0 Å². The number of ether oxygens (including phenoxy) is 1. The summed E-state index contributed by atoms with van der Waals surface area (Å²) < 4.78 is 38.1. The molecule has 1 aromatic heterocycles. The second kappa shape index (κ2) is 5.93. The van der Waals surface area contributed by atoms with E-state index >= 15 is 0 Å². The average Bonchev–Trinajstić information content (AvgIpc) is 3.08. The van der Waals surface area contributed by atoms with Gasteiger partial charge in [-0.05, 0) is 34.4 Å². The molecule has 140 valence electrons. The molecule has 4 N–H and O–H groups in total. The van der Waals surface area contributed by atoms with Gasteiger partial charge in [-0.2, -0.15) is 8.42 Å². The standard InChI is InChI=1S/C18H15NO7S/c20-17-8-16(18(21)19(17)22)26-9-15-12-4-2-1-3-11(12)13-6-5-10(7-14(13)15)27(23,24)25/h1-8,15,20-22H,9H2,(H,23,24,25). The Morgan fingerprint density at radius 2 is 1.70 bits per heavy atom. The van der Waals surface area contributed by atoms with Crippen LogP contribution in [0.1, 0.15) is 17.0 Å². The average molecular weight is 389 g/mol. The highest BCUT2D eigenvalue weighted by Crippen LogP contribution is 2.46. The molecule has 1 aliphatic carbocycles. The van der Waals surface area contributed by atoms with Crippen molar-refractivity contribution < 1.29 is 33.1 Å². The Kier molecular flexibility index (Phi) is 3.79. The van der Waals surface area contributed by atoms with E-state index in [1.54, 1.807) is 6.07 Å². The van der Waals surface area contributed by atoms with Gasteiger partial charge in [0.2, 0.25) is 5.88 Å². The van der Waals surface area contributed by atoms with Crippen LogP contribution in [0.25, 0.3) is 11.1 Å². The SMILES string of the molecule is O=S(=O)(O)c1ccc2c(c1)C(COc1cc(O)n(O)c1O)c1ccccc1-2. The van der Waals surface area contributed by atoms with Crippen molar-refractivity contribution in [3.63, 3.8) is 0 Å². The lowest BCUT2D eigenvalue weighted by Gasteiger charge is -2.15. The minimum absolute atomic E-state index is 0.00988. The molecule has 2 aromatic carbocycles. The van der Waals surface area contributed by atoms with Gasteiger partial charge < -0.3 is 20.2 Å². The third-order valence-electron chi connectivity index (χ3n) is 4.63. The van der Waals surface area contributed by atoms with Crippen LogP contribution in [0.3, 0.4) is 0 Å². The van der Waals surface area contributed by atoms with E-state index in [9.17, 15) is 28.4 Å². The maximum atomic E-state index is 11.5. The predicted octanol–water partition coefficient (Wildman–Crippen LogP) is 2.57. The van der Waals surface area contributed by atoms with Gasteiger partial charge in [-0.25, -0.2) is 0 Å². The van der Waals surface area contributed by atoms with E-state index in [1.807, 2.05) is 24.3 Å². The molecular formula is C18H15NO7S. The number of benzene rings is 2. The van der Waals surface area contributed by atoms with E-state index in [4.69, 9.17) is 4.74 Å². The van der Waals surface area contributed by atoms with Crippen molar-refractivity contribution in [1.82, 2.24) is 4.73 Å². The van der Waals surface area contributed by atoms with Crippen LogP contribution in [0.2, 0.25) is 0 Å². The fraction of sp³-hybridized carbons (Fsp3) is 0.111. The summed E-state index contributed by atoms with van der Waals surface area (Å²) in [6, 6.07) is 12.9. The molecular weight excluding hydrogens is 374 g/mol. The molecule has 0 bridgehead atoms. The van der Waals surface area contributed by atoms with Crippen LogP contribution >= 0.6 is 0 Å². The van der Waals surface area contributed by atoms with E-state index < -0.39 is 21.9 Å². The highest BCUT2D eigenvalue weighted by atomic mass is 32.2. The summed E-state index contributed by atoms with van der Waals surface area (Å²) >= 11 is 0. The van der Waals surface area contributed by atoms with E-state index in [0.717, 1.165) is 22.8 Å². The number of aromatic hydroxyl groups is 2. The molecule has 9 heteroatoms. The van der Waals surface area contributed by atoms with Crippen molar-refractivity contribution in [2.75, 3.05) is 6.61 Å². The Hall–Kier alpha value is -3.17. The van der Waals surface area contributed by atoms with Crippen LogP contribution in [0.4, 0.5) is 0 Å². The fourth-order valence-corrected chi connectivity index (χ4v) is 3.88. The van der Waals surface area contributed by atoms with Gasteiger partial charge in [-0.3, -0.25) is 4.55 Å². The summed E-state index contributed by atoms with van der Waals surface area (Å²) in [5, 5.41) is 28.6. The Morgan fingerprint density at radius 3 is 2.37 bits per heavy atom. The largest absolute Gasteiger partial charge is 0.492 e. The quantitative estimate of drug-likeness (QED) is 0.399. The first-order chi connectivity index (χ1) is 12.8. The number of rotatable bonds is 4. The molecule has 0 radical (unpaired) electrons. The topological polar surface area (TPSA) is 129 Å². The van der Waals surface area contributed by atoms with Crippen molar-refractivity contribution >= 4 is 10.1 Å². The van der Waals surface area contributed by atoms with Crippen LogP contribution in [0, 0.1) is 0 Å². The van der Waals surface area contributed by atoms with Crippen LogP contribution in [0.15, 0.2) is 53.4 Å². The molecule has 1 aliphatic rings. The fourth-order valence-electron chi connectivity index (χ4n) is 3.36. The van der Waals surface area contributed by atoms with Crippen LogP contribution in [-0.2, 0) is 10.1 Å². The van der Waals surface area contributed by atoms with Gasteiger partial charge >= 0.3 is 0 Å². The summed E-state index contributed by atoms with van der Waals surface area (Å²) in [4.78, 5) is -0.221. The number of hydrogen-bond acceptors (Lipinski definition) is 6. The molecule has 0 saturated heterocycles. The zero-order chi connectivity index (χ0) is 19.3. The zero-order valence-electron chi connectivity index (χ0n) is 13.8. The van der Waals surface area contributed by atoms with Gasteiger partial charge in [0.15, 0.2) is 5.75 Å². The lowest BCUT2D eigenvalue weighted by molar-refractivity contribution is 0.127. The van der Waals surface area contributed by atoms with E-state index in [-0.39, 0.29) is 27.9 Å². The highest BCUT2D eigenvalue weighted by molar-refractivity contribution is 7.85. The molecule has 0 fully saturated rings. The molecule has 3 aromatic rings. The normalized spacial score (nSPS) is 15.4. The third kappa shape index (κ3) is 2.77. The first kappa shape index (κ1) is 17.3. The lowest BCUT2D eigenvalue weighted by Crippen LogP contribution is -2.10. The van der Waals surface area contributed by atoms with E-state index in [0.29, 0.717) is 5.56 Å². The maximum absolute atomic E-state index is 11.5. The van der Waals surface area contributed by atoms with Gasteiger partial charge in [0.05, 0.1) is 11.5 Å². The maximum Gasteiger partial charge on any atom is 0.294 e. The highest BCUT2D eigenvalue weighted by Gasteiger charge is 2.31. The first-order valence-electron chi connectivity index (χ1n) is 7.94. The molecule has 1 atom stereocenters. The van der Waals surface area contributed by atoms with Crippen LogP contribution < -0.4 is 4.74 Å². The van der Waals surface area contributed by atoms with Crippen molar-refractivity contribution in [2.24, 2.45) is 0 Å². The lowest BCUT2D eigenvalue weighted by atomic mass is 9.98. The zero-order valence-corrected chi connectivity index (χ0v) is 14.6. The third-order valence-corrected chi connectivity index (χ3v) is 5.48. The minimum Gasteiger partial charge on any atom is -0.492 e. The van der Waals surface area contributed by atoms with Crippen molar-refractivity contribution in [1.29, 1.82) is 0 Å². The summed E-state index contributed by atoms with van der Waals surface area (Å²) in [7, 11) is -4.36. The summed E-state index contributed by atoms with van der Waals surface area (Å²) in [5.41, 5.74) is 3.28. The van der Waals surface area contributed by atoms with E-state index in [1.165, 1.54) is 12.1 Å². The van der Waals surface area contributed by atoms with Gasteiger partial charge in [-0.1, -0.05) is 30.3 Å². The molecule has 0 spiro atoms. The second-order valence-electron chi connectivity index (χ2n) is 6.18. The van der Waals surface area contributed by atoms with Crippen LogP contribution in [0.5, 0.6) is 17.5 Å². The Balaban J connectivity index is 1.75. The Morgan fingerprint density at radius 1 is 1.00 bits per heavy atom. The monoisotopic (exact) mass is 389 g/mol. The van der Waals surface area contributed by atoms with Gasteiger partial charge in [-0.15, -0.1) is 4.73 Å². The summed E-state index contributed by atoms with van der Waals surface area (Å²) in [6.45, 7) is 0.00988. The molecule has 27 heavy (non-hydrogen) atoms. The summed E-state index contributed by atoms with van der Waals surface area (Å²) in [6.07, 6.45) is 0. The molecule has 0 aliphatic heterocycles. The molecule has 0 saturated carbocycles. The number of hydrogen-bond donors (Lipinski definition) is 4. The Labute approximate surface area is 154 Å². The number of nitrogens with zero attached hydrogens (tertiary/aromatic N) is 1. The van der Waals surface area contributed by atoms with Crippen molar-refractivity contribution in [3.8, 4) is 28.6 Å². The van der Waals surface area contributed by atoms with Gasteiger partial charge in [0.1, 0.15) is 0 Å². The molecule has 8 nitrogen and oxygen atoms in total. The van der Waals surface area contributed by atoms with Gasteiger partial charge in [0.25, 0.3) is 16.0 Å². The number of fused-ring (bicyclic) bond motifs is 3. The van der Waals surface area contributed by atoms with Crippen molar-refractivity contribution in [2.45, 2.75) is 10.8 Å². The van der Waals surface area contributed by atoms with Gasteiger partial charge in [0, 0.05) is 12.0 Å². The van der Waals surface area contributed by atoms with Crippen molar-refractivity contribution in [3.05, 3.63) is 59.7 Å². The molecule has 4 rings (SSSR count). The smallest absolute Gasteiger partial charge is 0.294 e. The Bertz CT molecular complexity index is 1150. The molecule has 0 amide bonds.